The van der Waals surface area contributed by atoms with Crippen molar-refractivity contribution in [2.45, 2.75) is 6.42 Å². The van der Waals surface area contributed by atoms with Crippen LogP contribution in [0.4, 0.5) is 5.69 Å². The van der Waals surface area contributed by atoms with Gasteiger partial charge in [-0.1, -0.05) is 18.2 Å². The lowest BCUT2D eigenvalue weighted by molar-refractivity contribution is 0.481. The fraction of sp³-hybridized carbons (Fsp3) is 0.250. The summed E-state index contributed by atoms with van der Waals surface area (Å²) in [5.41, 5.74) is 0.260. The molecule has 0 saturated carbocycles. The highest BCUT2D eigenvalue weighted by Crippen LogP contribution is 2.14. The summed E-state index contributed by atoms with van der Waals surface area (Å²) in [5, 5.41) is 3.57. The first-order chi connectivity index (χ1) is 8.96. The molecule has 0 amide bonds. The van der Waals surface area contributed by atoms with Crippen molar-refractivity contribution in [2.24, 2.45) is 0 Å². The van der Waals surface area contributed by atoms with Gasteiger partial charge in [-0.15, -0.1) is 0 Å². The molecule has 0 aliphatic rings. The van der Waals surface area contributed by atoms with E-state index in [4.69, 9.17) is 8.97 Å². The lowest BCUT2D eigenvalue weighted by Gasteiger charge is -2.05. The smallest absolute Gasteiger partial charge is 0.359 e. The average Bonchev–Trinajstić information content (AvgIpc) is 2.33. The number of para-hydroxylation sites is 1. The molecule has 0 aliphatic heterocycles. The van der Waals surface area contributed by atoms with E-state index in [0.29, 0.717) is 5.58 Å². The van der Waals surface area contributed by atoms with Crippen LogP contribution in [0.5, 0.6) is 0 Å². The van der Waals surface area contributed by atoms with Crippen molar-refractivity contribution in [3.8, 4) is 0 Å². The molecule has 0 atom stereocenters. The number of hydrogen-bond donors (Lipinski definition) is 2. The fourth-order valence-electron chi connectivity index (χ4n) is 1.66. The Labute approximate surface area is 109 Å². The van der Waals surface area contributed by atoms with E-state index < -0.39 is 15.7 Å². The normalized spacial score (nSPS) is 11.6. The van der Waals surface area contributed by atoms with Crippen molar-refractivity contribution in [3.63, 3.8) is 0 Å². The van der Waals surface area contributed by atoms with Gasteiger partial charge in [-0.05, 0) is 18.6 Å². The maximum Gasteiger partial charge on any atom is 0.359 e. The van der Waals surface area contributed by atoms with Gasteiger partial charge in [0.2, 0.25) is 0 Å². The molecule has 0 bridgehead atoms. The molecule has 102 valence electrons. The van der Waals surface area contributed by atoms with Gasteiger partial charge in [0.05, 0.1) is 5.75 Å². The minimum absolute atomic E-state index is 0.200. The summed E-state index contributed by atoms with van der Waals surface area (Å²) in [6.07, 6.45) is 0.200. The molecule has 0 unspecified atom stereocenters. The number of anilines is 1. The summed E-state index contributed by atoms with van der Waals surface area (Å²) in [7, 11) is -3.96. The van der Waals surface area contributed by atoms with Crippen LogP contribution in [-0.4, -0.2) is 25.3 Å². The minimum atomic E-state index is -3.96. The molecule has 0 saturated heterocycles. The van der Waals surface area contributed by atoms with Gasteiger partial charge in [0.15, 0.2) is 0 Å². The van der Waals surface area contributed by atoms with Gasteiger partial charge in [-0.25, -0.2) is 4.79 Å². The van der Waals surface area contributed by atoms with Crippen LogP contribution in [-0.2, 0) is 10.1 Å². The van der Waals surface area contributed by atoms with Crippen molar-refractivity contribution >= 4 is 26.8 Å². The fourth-order valence-corrected chi connectivity index (χ4v) is 2.17. The summed E-state index contributed by atoms with van der Waals surface area (Å²) < 4.78 is 34.7. The predicted octanol–water partition coefficient (Wildman–Crippen LogP) is 1.48. The van der Waals surface area contributed by atoms with Crippen LogP contribution >= 0.6 is 0 Å². The Morgan fingerprint density at radius 2 is 2.00 bits per heavy atom. The first kappa shape index (κ1) is 13.6. The second-order valence-corrected chi connectivity index (χ2v) is 5.62. The summed E-state index contributed by atoms with van der Waals surface area (Å²) in [5.74, 6) is -0.348. The van der Waals surface area contributed by atoms with Gasteiger partial charge in [0.25, 0.3) is 10.1 Å². The second-order valence-electron chi connectivity index (χ2n) is 4.05. The highest BCUT2D eigenvalue weighted by molar-refractivity contribution is 7.85. The summed E-state index contributed by atoms with van der Waals surface area (Å²) in [6, 6.07) is 8.74. The highest BCUT2D eigenvalue weighted by atomic mass is 32.2. The SMILES string of the molecule is O=c1oc2ccccc2cc1NCCCS(=O)(=O)O. The van der Waals surface area contributed by atoms with Gasteiger partial charge in [0, 0.05) is 11.9 Å². The van der Waals surface area contributed by atoms with Gasteiger partial charge in [0.1, 0.15) is 11.3 Å². The zero-order valence-electron chi connectivity index (χ0n) is 10.00. The molecule has 0 aliphatic carbocycles. The Balaban J connectivity index is 2.08. The standard InChI is InChI=1S/C12H13NO5S/c14-12-10(13-6-3-7-19(15,16)17)8-9-4-1-2-5-11(9)18-12/h1-2,4-5,8,13H,3,6-7H2,(H,15,16,17). The van der Waals surface area contributed by atoms with Gasteiger partial charge >= 0.3 is 5.63 Å². The summed E-state index contributed by atoms with van der Waals surface area (Å²) >= 11 is 0. The van der Waals surface area contributed by atoms with E-state index >= 15 is 0 Å². The zero-order valence-corrected chi connectivity index (χ0v) is 10.8. The Morgan fingerprint density at radius 3 is 2.74 bits per heavy atom. The Bertz CT molecular complexity index is 735. The van der Waals surface area contributed by atoms with E-state index in [1.165, 1.54) is 0 Å². The molecule has 19 heavy (non-hydrogen) atoms. The molecule has 0 spiro atoms. The highest BCUT2D eigenvalue weighted by Gasteiger charge is 2.06. The molecule has 6 nitrogen and oxygen atoms in total. The molecule has 1 aromatic heterocycles. The third-order valence-corrected chi connectivity index (χ3v) is 3.34. The molecular weight excluding hydrogens is 270 g/mol. The van der Waals surface area contributed by atoms with Gasteiger partial charge < -0.3 is 9.73 Å². The molecule has 7 heteroatoms. The van der Waals surface area contributed by atoms with Crippen LogP contribution < -0.4 is 10.9 Å². The van der Waals surface area contributed by atoms with Crippen LogP contribution in [0.15, 0.2) is 39.5 Å². The lowest BCUT2D eigenvalue weighted by Crippen LogP contribution is -2.14. The zero-order chi connectivity index (χ0) is 13.9. The van der Waals surface area contributed by atoms with E-state index in [9.17, 15) is 13.2 Å². The van der Waals surface area contributed by atoms with Crippen LogP contribution in [0.3, 0.4) is 0 Å². The molecule has 1 aromatic carbocycles. The first-order valence-corrected chi connectivity index (χ1v) is 7.28. The number of benzene rings is 1. The summed E-state index contributed by atoms with van der Waals surface area (Å²) in [4.78, 5) is 11.6. The van der Waals surface area contributed by atoms with Gasteiger partial charge in [-0.2, -0.15) is 8.42 Å². The quantitative estimate of drug-likeness (QED) is 0.490. The molecule has 0 fully saturated rings. The van der Waals surface area contributed by atoms with Crippen molar-refractivity contribution in [1.29, 1.82) is 0 Å². The van der Waals surface area contributed by atoms with Crippen LogP contribution in [0, 0.1) is 0 Å². The second kappa shape index (κ2) is 5.41. The van der Waals surface area contributed by atoms with E-state index in [-0.39, 0.29) is 24.4 Å². The van der Waals surface area contributed by atoms with Crippen molar-refractivity contribution in [1.82, 2.24) is 0 Å². The third kappa shape index (κ3) is 3.80. The maximum atomic E-state index is 11.6. The molecule has 2 rings (SSSR count). The average molecular weight is 283 g/mol. The minimum Gasteiger partial charge on any atom is -0.421 e. The third-order valence-electron chi connectivity index (χ3n) is 2.54. The number of hydrogen-bond acceptors (Lipinski definition) is 5. The van der Waals surface area contributed by atoms with Gasteiger partial charge in [-0.3, -0.25) is 4.55 Å². The van der Waals surface area contributed by atoms with E-state index in [1.807, 2.05) is 12.1 Å². The molecule has 2 aromatic rings. The number of nitrogens with one attached hydrogen (secondary N) is 1. The number of rotatable bonds is 5. The lowest BCUT2D eigenvalue weighted by atomic mass is 10.2. The molecule has 1 heterocycles. The largest absolute Gasteiger partial charge is 0.421 e. The van der Waals surface area contributed by atoms with Crippen molar-refractivity contribution < 1.29 is 17.4 Å². The predicted molar refractivity (Wildman–Crippen MR) is 72.0 cm³/mol. The topological polar surface area (TPSA) is 96.6 Å². The van der Waals surface area contributed by atoms with Crippen LogP contribution in [0.2, 0.25) is 0 Å². The molecular formula is C12H13NO5S. The van der Waals surface area contributed by atoms with Crippen LogP contribution in [0.25, 0.3) is 11.0 Å². The monoisotopic (exact) mass is 283 g/mol. The number of fused-ring (bicyclic) bond motifs is 1. The van der Waals surface area contributed by atoms with Crippen molar-refractivity contribution in [2.75, 3.05) is 17.6 Å². The maximum absolute atomic E-state index is 11.6. The summed E-state index contributed by atoms with van der Waals surface area (Å²) in [6.45, 7) is 0.253. The van der Waals surface area contributed by atoms with Crippen LogP contribution in [0.1, 0.15) is 6.42 Å². The Hall–Kier alpha value is -1.86. The Morgan fingerprint density at radius 1 is 1.26 bits per heavy atom. The molecule has 0 radical (unpaired) electrons. The Kier molecular flexibility index (Phi) is 3.87. The van der Waals surface area contributed by atoms with E-state index in [1.54, 1.807) is 18.2 Å². The van der Waals surface area contributed by atoms with E-state index in [2.05, 4.69) is 5.32 Å². The van der Waals surface area contributed by atoms with Crippen molar-refractivity contribution in [3.05, 3.63) is 40.8 Å². The first-order valence-electron chi connectivity index (χ1n) is 5.68. The van der Waals surface area contributed by atoms with E-state index in [0.717, 1.165) is 5.39 Å². The molecule has 2 N–H and O–H groups in total.